The molecule has 7 heteroatoms. The fourth-order valence-electron chi connectivity index (χ4n) is 4.39. The maximum Gasteiger partial charge on any atom is 0.309 e. The number of cyclic esters (lactones) is 1. The van der Waals surface area contributed by atoms with E-state index in [0.29, 0.717) is 30.4 Å². The number of esters is 1. The van der Waals surface area contributed by atoms with Crippen molar-refractivity contribution in [3.05, 3.63) is 95.7 Å². The monoisotopic (exact) mass is 582 g/mol. The molecule has 0 amide bonds. The van der Waals surface area contributed by atoms with Gasteiger partial charge in [-0.1, -0.05) is 86.3 Å². The predicted octanol–water partition coefficient (Wildman–Crippen LogP) is 5.40. The molecule has 0 aromatic carbocycles. The Hall–Kier alpha value is -3.10. The molecule has 4 N–H and O–H groups in total. The Morgan fingerprint density at radius 2 is 1.67 bits per heavy atom. The minimum absolute atomic E-state index is 0.0309. The first-order chi connectivity index (χ1) is 19.9. The van der Waals surface area contributed by atoms with Crippen LogP contribution >= 0.6 is 0 Å². The van der Waals surface area contributed by atoms with Gasteiger partial charge in [-0.05, 0) is 69.8 Å². The van der Waals surface area contributed by atoms with Gasteiger partial charge in [0.25, 0.3) is 0 Å². The highest BCUT2D eigenvalue weighted by atomic mass is 16.5. The lowest BCUT2D eigenvalue weighted by molar-refractivity contribution is -0.153. The van der Waals surface area contributed by atoms with Crippen molar-refractivity contribution in [2.45, 2.75) is 97.7 Å². The van der Waals surface area contributed by atoms with E-state index in [2.05, 4.69) is 0 Å². The van der Waals surface area contributed by atoms with Gasteiger partial charge in [-0.15, -0.1) is 0 Å². The summed E-state index contributed by atoms with van der Waals surface area (Å²) in [5.74, 6) is -1.39. The maximum atomic E-state index is 12.8. The lowest BCUT2D eigenvalue weighted by atomic mass is 9.85. The van der Waals surface area contributed by atoms with Gasteiger partial charge in [0.15, 0.2) is 5.78 Å². The molecule has 0 saturated carbocycles. The number of Topliss-reactive ketones (excluding diaryl/α,β-unsaturated/α-hetero) is 1. The van der Waals surface area contributed by atoms with Crippen molar-refractivity contribution >= 4 is 11.8 Å². The van der Waals surface area contributed by atoms with Gasteiger partial charge in [0.1, 0.15) is 12.2 Å². The van der Waals surface area contributed by atoms with Crippen molar-refractivity contribution < 1.29 is 34.8 Å². The normalized spacial score (nSPS) is 25.0. The minimum atomic E-state index is -1.28. The van der Waals surface area contributed by atoms with Gasteiger partial charge in [0, 0.05) is 12.3 Å². The molecule has 7 unspecified atom stereocenters. The summed E-state index contributed by atoms with van der Waals surface area (Å²) in [6.07, 6.45) is 19.1. The van der Waals surface area contributed by atoms with Gasteiger partial charge < -0.3 is 25.2 Å². The number of allylic oxidation sites excluding steroid dienone is 9. The van der Waals surface area contributed by atoms with Gasteiger partial charge in [-0.25, -0.2) is 0 Å². The van der Waals surface area contributed by atoms with Crippen LogP contribution in [-0.4, -0.2) is 62.7 Å². The SMILES string of the molecule is CC=CC(O)CCC(C)C(O)C(C)C1CC=CC=CC=CC(O)C(=O)C(C)=CC=CC(C)=CC(O)C(C)=CCC(=O)O1. The Kier molecular flexibility index (Phi) is 17.5. The highest BCUT2D eigenvalue weighted by Gasteiger charge is 2.30. The van der Waals surface area contributed by atoms with Crippen molar-refractivity contribution in [2.24, 2.45) is 11.8 Å². The van der Waals surface area contributed by atoms with Crippen LogP contribution in [0.1, 0.15) is 67.2 Å². The Morgan fingerprint density at radius 1 is 0.976 bits per heavy atom. The number of hydrogen-bond acceptors (Lipinski definition) is 7. The van der Waals surface area contributed by atoms with Gasteiger partial charge in [0.05, 0.1) is 24.7 Å². The molecule has 0 aromatic heterocycles. The summed E-state index contributed by atoms with van der Waals surface area (Å²) < 4.78 is 5.82. The van der Waals surface area contributed by atoms with Crippen LogP contribution in [0.2, 0.25) is 0 Å². The molecule has 0 aromatic rings. The lowest BCUT2D eigenvalue weighted by Crippen LogP contribution is -2.37. The first-order valence-corrected chi connectivity index (χ1v) is 14.7. The summed E-state index contributed by atoms with van der Waals surface area (Å²) in [6.45, 7) is 10.8. The van der Waals surface area contributed by atoms with Crippen LogP contribution in [0.4, 0.5) is 0 Å². The number of carbonyl (C=O) groups is 2. The maximum absolute atomic E-state index is 12.8. The summed E-state index contributed by atoms with van der Waals surface area (Å²) in [6, 6.07) is 0. The molecule has 7 atom stereocenters. The third kappa shape index (κ3) is 14.2. The number of hydrogen-bond donors (Lipinski definition) is 4. The number of carbonyl (C=O) groups excluding carboxylic acids is 2. The highest BCUT2D eigenvalue weighted by Crippen LogP contribution is 2.25. The van der Waals surface area contributed by atoms with Gasteiger partial charge >= 0.3 is 5.97 Å². The van der Waals surface area contributed by atoms with Crippen LogP contribution in [0, 0.1) is 11.8 Å². The summed E-state index contributed by atoms with van der Waals surface area (Å²) >= 11 is 0. The van der Waals surface area contributed by atoms with E-state index in [1.807, 2.05) is 33.8 Å². The van der Waals surface area contributed by atoms with E-state index < -0.39 is 42.3 Å². The molecule has 0 bridgehead atoms. The molecule has 42 heavy (non-hydrogen) atoms. The smallest absolute Gasteiger partial charge is 0.309 e. The van der Waals surface area contributed by atoms with E-state index in [-0.39, 0.29) is 18.3 Å². The number of aliphatic hydroxyl groups is 4. The molecular formula is C35H50O7. The summed E-state index contributed by atoms with van der Waals surface area (Å²) in [5.41, 5.74) is 1.73. The van der Waals surface area contributed by atoms with Crippen LogP contribution in [0.25, 0.3) is 0 Å². The lowest BCUT2D eigenvalue weighted by Gasteiger charge is -2.31. The Labute approximate surface area is 251 Å². The van der Waals surface area contributed by atoms with Crippen LogP contribution < -0.4 is 0 Å². The van der Waals surface area contributed by atoms with Crippen molar-refractivity contribution in [3.8, 4) is 0 Å². The first-order valence-electron chi connectivity index (χ1n) is 14.7. The fraction of sp³-hybridized carbons (Fsp3) is 0.486. The summed E-state index contributed by atoms with van der Waals surface area (Å²) in [4.78, 5) is 25.2. The van der Waals surface area contributed by atoms with Gasteiger partial charge in [0.2, 0.25) is 0 Å². The van der Waals surface area contributed by atoms with Gasteiger partial charge in [-0.2, -0.15) is 0 Å². The van der Waals surface area contributed by atoms with E-state index in [0.717, 1.165) is 5.57 Å². The third-order valence-electron chi connectivity index (χ3n) is 7.30. The van der Waals surface area contributed by atoms with E-state index in [9.17, 15) is 30.0 Å². The van der Waals surface area contributed by atoms with Gasteiger partial charge in [-0.3, -0.25) is 9.59 Å². The predicted molar refractivity (Wildman–Crippen MR) is 168 cm³/mol. The molecule has 1 heterocycles. The van der Waals surface area contributed by atoms with Crippen LogP contribution in [-0.2, 0) is 14.3 Å². The molecule has 1 aliphatic rings. The molecule has 0 fully saturated rings. The van der Waals surface area contributed by atoms with Crippen molar-refractivity contribution in [3.63, 3.8) is 0 Å². The second-order valence-corrected chi connectivity index (χ2v) is 11.0. The Balaban J connectivity index is 3.21. The largest absolute Gasteiger partial charge is 0.461 e. The zero-order chi connectivity index (χ0) is 31.7. The number of ether oxygens (including phenoxy) is 1. The topological polar surface area (TPSA) is 124 Å². The first kappa shape index (κ1) is 36.9. The molecule has 1 aliphatic heterocycles. The molecule has 0 radical (unpaired) electrons. The molecule has 0 spiro atoms. The standard InChI is InChI=1S/C35H50O7/c1-7-14-29(36)21-19-27(5)34(40)28(6)32-18-12-10-8-9-11-17-30(37)35(41)26(4)16-13-15-24(2)23-31(38)25(3)20-22-33(39)42-32/h7-17,20,23,27-32,34,36-38,40H,18-19,21-22H2,1-6H3. The van der Waals surface area contributed by atoms with E-state index in [1.54, 1.807) is 80.7 Å². The summed E-state index contributed by atoms with van der Waals surface area (Å²) in [5, 5.41) is 41.9. The zero-order valence-corrected chi connectivity index (χ0v) is 25.9. The minimum Gasteiger partial charge on any atom is -0.461 e. The molecule has 0 aliphatic carbocycles. The van der Waals surface area contributed by atoms with Crippen LogP contribution in [0.3, 0.4) is 0 Å². The molecular weight excluding hydrogens is 532 g/mol. The molecule has 0 saturated heterocycles. The second-order valence-electron chi connectivity index (χ2n) is 11.0. The Bertz CT molecular complexity index is 1100. The van der Waals surface area contributed by atoms with Crippen molar-refractivity contribution in [1.82, 2.24) is 0 Å². The highest BCUT2D eigenvalue weighted by molar-refractivity contribution is 5.99. The Morgan fingerprint density at radius 3 is 2.36 bits per heavy atom. The molecule has 7 nitrogen and oxygen atoms in total. The second kappa shape index (κ2) is 19.9. The zero-order valence-electron chi connectivity index (χ0n) is 25.9. The third-order valence-corrected chi connectivity index (χ3v) is 7.30. The average Bonchev–Trinajstić information content (AvgIpc) is 2.95. The van der Waals surface area contributed by atoms with Crippen molar-refractivity contribution in [2.75, 3.05) is 0 Å². The number of ketones is 1. The quantitative estimate of drug-likeness (QED) is 0.234. The number of aliphatic hydroxyl groups excluding tert-OH is 4. The van der Waals surface area contributed by atoms with E-state index in [1.165, 1.54) is 6.08 Å². The van der Waals surface area contributed by atoms with Crippen LogP contribution in [0.15, 0.2) is 95.7 Å². The average molecular weight is 583 g/mol. The molecule has 232 valence electrons. The summed E-state index contributed by atoms with van der Waals surface area (Å²) in [7, 11) is 0. The molecule has 1 rings (SSSR count). The fourth-order valence-corrected chi connectivity index (χ4v) is 4.39. The number of rotatable bonds is 7. The van der Waals surface area contributed by atoms with Crippen molar-refractivity contribution in [1.29, 1.82) is 0 Å². The van der Waals surface area contributed by atoms with Crippen LogP contribution in [0.5, 0.6) is 0 Å². The van der Waals surface area contributed by atoms with E-state index in [4.69, 9.17) is 4.74 Å². The van der Waals surface area contributed by atoms with E-state index >= 15 is 0 Å².